The lowest BCUT2D eigenvalue weighted by Crippen LogP contribution is -2.13. The van der Waals surface area contributed by atoms with Crippen molar-refractivity contribution in [3.05, 3.63) is 50.3 Å². The molecule has 0 atom stereocenters. The van der Waals surface area contributed by atoms with Crippen LogP contribution < -0.4 is 5.32 Å². The summed E-state index contributed by atoms with van der Waals surface area (Å²) in [6, 6.07) is 5.28. The van der Waals surface area contributed by atoms with Gasteiger partial charge in [-0.1, -0.05) is 40.0 Å². The van der Waals surface area contributed by atoms with Crippen LogP contribution in [0.2, 0.25) is 15.1 Å². The third-order valence-electron chi connectivity index (χ3n) is 2.42. The lowest BCUT2D eigenvalue weighted by molar-refractivity contribution is 0.388. The van der Waals surface area contributed by atoms with Crippen LogP contribution in [0.1, 0.15) is 17.0 Å². The van der Waals surface area contributed by atoms with Crippen molar-refractivity contribution in [2.45, 2.75) is 20.0 Å². The van der Waals surface area contributed by atoms with E-state index in [1.54, 1.807) is 12.1 Å². The van der Waals surface area contributed by atoms with Gasteiger partial charge in [0.2, 0.25) is 0 Å². The molecule has 96 valence electrons. The molecular weight excluding hydrogens is 295 g/mol. The van der Waals surface area contributed by atoms with E-state index in [2.05, 4.69) is 10.5 Å². The molecule has 0 fully saturated rings. The predicted molar refractivity (Wildman–Crippen MR) is 73.3 cm³/mol. The summed E-state index contributed by atoms with van der Waals surface area (Å²) in [6.45, 7) is 2.95. The van der Waals surface area contributed by atoms with Gasteiger partial charge in [-0.25, -0.2) is 0 Å². The van der Waals surface area contributed by atoms with E-state index in [0.717, 1.165) is 17.0 Å². The standard InChI is InChI=1S/C12H11Cl3N2O/c1-7-4-8(17-18-7)5-16-6-9-10(13)2-3-11(14)12(9)15/h2-4,16H,5-6H2,1H3. The van der Waals surface area contributed by atoms with E-state index in [9.17, 15) is 0 Å². The molecule has 0 saturated heterocycles. The quantitative estimate of drug-likeness (QED) is 0.859. The molecule has 1 heterocycles. The summed E-state index contributed by atoms with van der Waals surface area (Å²) in [6.07, 6.45) is 0. The van der Waals surface area contributed by atoms with Crippen molar-refractivity contribution in [1.29, 1.82) is 0 Å². The molecule has 0 saturated carbocycles. The average Bonchev–Trinajstić information content (AvgIpc) is 2.74. The number of nitrogens with zero attached hydrogens (tertiary/aromatic N) is 1. The van der Waals surface area contributed by atoms with Crippen LogP contribution in [0.4, 0.5) is 0 Å². The summed E-state index contributed by atoms with van der Waals surface area (Å²) in [5.74, 6) is 0.783. The Kier molecular flexibility index (Phi) is 4.51. The Hall–Kier alpha value is -0.740. The summed E-state index contributed by atoms with van der Waals surface area (Å²) in [7, 11) is 0. The molecule has 0 spiro atoms. The Morgan fingerprint density at radius 2 is 1.89 bits per heavy atom. The smallest absolute Gasteiger partial charge is 0.133 e. The number of hydrogen-bond acceptors (Lipinski definition) is 3. The number of benzene rings is 1. The Morgan fingerprint density at radius 1 is 1.17 bits per heavy atom. The van der Waals surface area contributed by atoms with E-state index in [4.69, 9.17) is 39.3 Å². The third-order valence-corrected chi connectivity index (χ3v) is 3.62. The molecule has 18 heavy (non-hydrogen) atoms. The molecule has 1 aromatic heterocycles. The van der Waals surface area contributed by atoms with Gasteiger partial charge in [-0.3, -0.25) is 0 Å². The van der Waals surface area contributed by atoms with Crippen LogP contribution >= 0.6 is 34.8 Å². The first-order chi connectivity index (χ1) is 8.58. The molecule has 0 aliphatic rings. The molecule has 0 bridgehead atoms. The predicted octanol–water partition coefficient (Wildman–Crippen LogP) is 4.23. The molecule has 2 rings (SSSR count). The van der Waals surface area contributed by atoms with Crippen molar-refractivity contribution in [2.75, 3.05) is 0 Å². The van der Waals surface area contributed by atoms with Crippen LogP contribution in [0.3, 0.4) is 0 Å². The maximum Gasteiger partial charge on any atom is 0.133 e. The Labute approximate surface area is 120 Å². The fraction of sp³-hybridized carbons (Fsp3) is 0.250. The van der Waals surface area contributed by atoms with Gasteiger partial charge in [-0.05, 0) is 19.1 Å². The van der Waals surface area contributed by atoms with Crippen molar-refractivity contribution >= 4 is 34.8 Å². The van der Waals surface area contributed by atoms with Gasteiger partial charge < -0.3 is 9.84 Å². The zero-order valence-corrected chi connectivity index (χ0v) is 11.9. The van der Waals surface area contributed by atoms with E-state index in [0.29, 0.717) is 28.2 Å². The van der Waals surface area contributed by atoms with Crippen molar-refractivity contribution < 1.29 is 4.52 Å². The van der Waals surface area contributed by atoms with Gasteiger partial charge >= 0.3 is 0 Å². The van der Waals surface area contributed by atoms with Gasteiger partial charge in [-0.15, -0.1) is 0 Å². The van der Waals surface area contributed by atoms with Gasteiger partial charge in [0, 0.05) is 29.7 Å². The van der Waals surface area contributed by atoms with Crippen LogP contribution in [0.15, 0.2) is 22.7 Å². The zero-order valence-electron chi connectivity index (χ0n) is 9.64. The topological polar surface area (TPSA) is 38.1 Å². The molecule has 3 nitrogen and oxygen atoms in total. The van der Waals surface area contributed by atoms with Gasteiger partial charge in [0.1, 0.15) is 5.76 Å². The molecule has 2 aromatic rings. The highest BCUT2D eigenvalue weighted by atomic mass is 35.5. The van der Waals surface area contributed by atoms with E-state index >= 15 is 0 Å². The second-order valence-corrected chi connectivity index (χ2v) is 5.05. The van der Waals surface area contributed by atoms with Gasteiger partial charge in [0.05, 0.1) is 15.7 Å². The molecule has 1 N–H and O–H groups in total. The fourth-order valence-electron chi connectivity index (χ4n) is 1.55. The van der Waals surface area contributed by atoms with Crippen molar-refractivity contribution in [3.8, 4) is 0 Å². The second-order valence-electron chi connectivity index (χ2n) is 3.85. The maximum atomic E-state index is 6.09. The monoisotopic (exact) mass is 304 g/mol. The Morgan fingerprint density at radius 3 is 2.56 bits per heavy atom. The minimum Gasteiger partial charge on any atom is -0.361 e. The molecule has 0 aliphatic heterocycles. The van der Waals surface area contributed by atoms with E-state index in [-0.39, 0.29) is 0 Å². The zero-order chi connectivity index (χ0) is 13.1. The van der Waals surface area contributed by atoms with Crippen LogP contribution in [0.5, 0.6) is 0 Å². The summed E-state index contributed by atoms with van der Waals surface area (Å²) < 4.78 is 4.97. The SMILES string of the molecule is Cc1cc(CNCc2c(Cl)ccc(Cl)c2Cl)no1. The van der Waals surface area contributed by atoms with Gasteiger partial charge in [-0.2, -0.15) is 0 Å². The molecule has 1 aromatic carbocycles. The highest BCUT2D eigenvalue weighted by Gasteiger charge is 2.09. The van der Waals surface area contributed by atoms with Crippen molar-refractivity contribution in [1.82, 2.24) is 10.5 Å². The molecule has 6 heteroatoms. The van der Waals surface area contributed by atoms with Crippen molar-refractivity contribution in [3.63, 3.8) is 0 Å². The summed E-state index contributed by atoms with van der Waals surface area (Å²) in [5.41, 5.74) is 1.62. The summed E-state index contributed by atoms with van der Waals surface area (Å²) >= 11 is 18.1. The van der Waals surface area contributed by atoms with Crippen molar-refractivity contribution in [2.24, 2.45) is 0 Å². The number of aromatic nitrogens is 1. The molecular formula is C12H11Cl3N2O. The maximum absolute atomic E-state index is 6.09. The third kappa shape index (κ3) is 3.18. The number of nitrogens with one attached hydrogen (secondary N) is 1. The normalized spacial score (nSPS) is 10.9. The van der Waals surface area contributed by atoms with E-state index < -0.39 is 0 Å². The first-order valence-corrected chi connectivity index (χ1v) is 6.46. The number of hydrogen-bond donors (Lipinski definition) is 1. The second kappa shape index (κ2) is 5.93. The fourth-order valence-corrected chi connectivity index (χ4v) is 2.23. The van der Waals surface area contributed by atoms with Crippen LogP contribution in [-0.4, -0.2) is 5.16 Å². The minimum atomic E-state index is 0.480. The van der Waals surface area contributed by atoms with Gasteiger partial charge in [0.25, 0.3) is 0 Å². The first kappa shape index (κ1) is 13.7. The van der Waals surface area contributed by atoms with Gasteiger partial charge in [0.15, 0.2) is 0 Å². The summed E-state index contributed by atoms with van der Waals surface area (Å²) in [5, 5.41) is 8.64. The highest BCUT2D eigenvalue weighted by Crippen LogP contribution is 2.31. The van der Waals surface area contributed by atoms with Crippen LogP contribution in [-0.2, 0) is 13.1 Å². The minimum absolute atomic E-state index is 0.480. The van der Waals surface area contributed by atoms with Crippen LogP contribution in [0.25, 0.3) is 0 Å². The summed E-state index contributed by atoms with van der Waals surface area (Å²) in [4.78, 5) is 0. The molecule has 0 unspecified atom stereocenters. The highest BCUT2D eigenvalue weighted by molar-refractivity contribution is 6.44. The van der Waals surface area contributed by atoms with Crippen LogP contribution in [0, 0.1) is 6.92 Å². The number of halogens is 3. The number of rotatable bonds is 4. The Balaban J connectivity index is 2.00. The largest absolute Gasteiger partial charge is 0.361 e. The average molecular weight is 306 g/mol. The lowest BCUT2D eigenvalue weighted by atomic mass is 10.2. The molecule has 0 amide bonds. The van der Waals surface area contributed by atoms with E-state index in [1.807, 2.05) is 13.0 Å². The number of aryl methyl sites for hydroxylation is 1. The molecule has 0 aliphatic carbocycles. The molecule has 0 radical (unpaired) electrons. The first-order valence-electron chi connectivity index (χ1n) is 5.33. The Bertz CT molecular complexity index is 554. The lowest BCUT2D eigenvalue weighted by Gasteiger charge is -2.08. The van der Waals surface area contributed by atoms with E-state index in [1.165, 1.54) is 0 Å².